The van der Waals surface area contributed by atoms with Crippen molar-refractivity contribution in [1.82, 2.24) is 0 Å². The maximum atomic E-state index is 8.74. The fraction of sp³-hybridized carbons (Fsp3) is 1.00. The molecule has 0 aliphatic rings. The molecule has 0 aromatic carbocycles. The summed E-state index contributed by atoms with van der Waals surface area (Å²) in [7, 11) is -4.67. The topological polar surface area (TPSA) is 101 Å². The van der Waals surface area contributed by atoms with Gasteiger partial charge in [-0.25, -0.2) is 0 Å². The van der Waals surface area contributed by atoms with Crippen molar-refractivity contribution in [3.8, 4) is 0 Å². The number of hydrogen-bond donors (Lipinski definition) is 3. The van der Waals surface area contributed by atoms with Crippen molar-refractivity contribution in [2.75, 3.05) is 0 Å². The van der Waals surface area contributed by atoms with Gasteiger partial charge in [-0.05, 0) is 11.8 Å². The summed E-state index contributed by atoms with van der Waals surface area (Å²) in [4.78, 5) is 0. The Kier molecular flexibility index (Phi) is 10.9. The largest absolute Gasteiger partial charge is 0.394 e. The van der Waals surface area contributed by atoms with E-state index in [1.165, 1.54) is 38.5 Å². The first-order chi connectivity index (χ1) is 7.98. The second-order valence-corrected chi connectivity index (χ2v) is 6.52. The summed E-state index contributed by atoms with van der Waals surface area (Å²) < 4.78 is 31.6. The molecule has 0 aromatic heterocycles. The van der Waals surface area contributed by atoms with Crippen LogP contribution in [0.5, 0.6) is 0 Å². The summed E-state index contributed by atoms with van der Waals surface area (Å²) in [5.74, 6) is 0. The molecule has 0 rings (SSSR count). The van der Waals surface area contributed by atoms with Crippen LogP contribution in [0.2, 0.25) is 0 Å². The molecule has 0 saturated carbocycles. The minimum absolute atomic E-state index is 0.282. The fourth-order valence-electron chi connectivity index (χ4n) is 1.40. The standard InChI is InChI=1S/C12H27N.H2O4S/c1-5-6-7-8-9-10-11(13)12(2,3)4;1-5(2,3)4/h11H,5-10,13H2,1-4H3;(H2,1,2,3,4). The number of rotatable bonds is 6. The van der Waals surface area contributed by atoms with Crippen LogP contribution >= 0.6 is 0 Å². The minimum atomic E-state index is -4.67. The molecule has 0 aromatic rings. The third-order valence-electron chi connectivity index (χ3n) is 2.73. The van der Waals surface area contributed by atoms with Gasteiger partial charge in [0.25, 0.3) is 0 Å². The van der Waals surface area contributed by atoms with Crippen molar-refractivity contribution in [2.24, 2.45) is 11.1 Å². The molecule has 0 spiro atoms. The zero-order valence-corrected chi connectivity index (χ0v) is 12.8. The summed E-state index contributed by atoms with van der Waals surface area (Å²) in [5.41, 5.74) is 6.35. The summed E-state index contributed by atoms with van der Waals surface area (Å²) in [6.45, 7) is 8.93. The lowest BCUT2D eigenvalue weighted by Gasteiger charge is -2.26. The molecule has 5 nitrogen and oxygen atoms in total. The van der Waals surface area contributed by atoms with Gasteiger partial charge in [0.2, 0.25) is 0 Å². The van der Waals surface area contributed by atoms with Crippen LogP contribution in [0.25, 0.3) is 0 Å². The molecule has 0 aliphatic carbocycles. The lowest BCUT2D eigenvalue weighted by molar-refractivity contribution is 0.298. The highest BCUT2D eigenvalue weighted by atomic mass is 32.3. The van der Waals surface area contributed by atoms with E-state index in [2.05, 4.69) is 27.7 Å². The Balaban J connectivity index is 0. The molecule has 4 N–H and O–H groups in total. The number of nitrogens with two attached hydrogens (primary N) is 1. The van der Waals surface area contributed by atoms with Crippen LogP contribution < -0.4 is 5.73 Å². The van der Waals surface area contributed by atoms with Gasteiger partial charge in [0.15, 0.2) is 0 Å². The van der Waals surface area contributed by atoms with Crippen LogP contribution in [0.1, 0.15) is 66.2 Å². The zero-order chi connectivity index (χ0) is 14.8. The molecule has 0 saturated heterocycles. The average Bonchev–Trinajstić information content (AvgIpc) is 2.13. The molecule has 6 heteroatoms. The highest BCUT2D eigenvalue weighted by molar-refractivity contribution is 7.79. The first kappa shape index (κ1) is 20.2. The van der Waals surface area contributed by atoms with Crippen molar-refractivity contribution in [2.45, 2.75) is 72.3 Å². The van der Waals surface area contributed by atoms with Crippen LogP contribution in [-0.4, -0.2) is 23.6 Å². The Labute approximate surface area is 112 Å². The van der Waals surface area contributed by atoms with E-state index in [1.807, 2.05) is 0 Å². The monoisotopic (exact) mass is 283 g/mol. The Morgan fingerprint density at radius 3 is 1.78 bits per heavy atom. The van der Waals surface area contributed by atoms with Crippen LogP contribution in [0.3, 0.4) is 0 Å². The normalized spacial score (nSPS) is 13.7. The van der Waals surface area contributed by atoms with Gasteiger partial charge in [0.1, 0.15) is 0 Å². The Morgan fingerprint density at radius 1 is 1.06 bits per heavy atom. The summed E-state index contributed by atoms with van der Waals surface area (Å²) in [6, 6.07) is 0.370. The lowest BCUT2D eigenvalue weighted by atomic mass is 9.84. The second kappa shape index (κ2) is 9.72. The molecule has 0 bridgehead atoms. The van der Waals surface area contributed by atoms with Crippen LogP contribution in [0, 0.1) is 5.41 Å². The van der Waals surface area contributed by atoms with E-state index in [0.29, 0.717) is 6.04 Å². The van der Waals surface area contributed by atoms with Crippen molar-refractivity contribution in [1.29, 1.82) is 0 Å². The maximum absolute atomic E-state index is 8.74. The molecule has 18 heavy (non-hydrogen) atoms. The summed E-state index contributed by atoms with van der Waals surface area (Å²) in [6.07, 6.45) is 7.94. The quantitative estimate of drug-likeness (QED) is 0.513. The van der Waals surface area contributed by atoms with Crippen LogP contribution in [0.15, 0.2) is 0 Å². The van der Waals surface area contributed by atoms with E-state index in [0.717, 1.165) is 0 Å². The molecule has 1 unspecified atom stereocenters. The van der Waals surface area contributed by atoms with Crippen molar-refractivity contribution in [3.05, 3.63) is 0 Å². The summed E-state index contributed by atoms with van der Waals surface area (Å²) in [5, 5.41) is 0. The lowest BCUT2D eigenvalue weighted by Crippen LogP contribution is -2.34. The van der Waals surface area contributed by atoms with Crippen molar-refractivity contribution in [3.63, 3.8) is 0 Å². The fourth-order valence-corrected chi connectivity index (χ4v) is 1.40. The zero-order valence-electron chi connectivity index (χ0n) is 12.0. The van der Waals surface area contributed by atoms with Gasteiger partial charge in [0.05, 0.1) is 0 Å². The minimum Gasteiger partial charge on any atom is -0.327 e. The second-order valence-electron chi connectivity index (χ2n) is 5.62. The summed E-state index contributed by atoms with van der Waals surface area (Å²) >= 11 is 0. The SMILES string of the molecule is CCCCCCCC(N)C(C)(C)C.O=S(=O)(O)O. The van der Waals surface area contributed by atoms with Gasteiger partial charge < -0.3 is 5.73 Å². The molecule has 0 radical (unpaired) electrons. The van der Waals surface area contributed by atoms with E-state index >= 15 is 0 Å². The first-order valence-corrected chi connectivity index (χ1v) is 7.83. The van der Waals surface area contributed by atoms with Crippen molar-refractivity contribution < 1.29 is 17.5 Å². The van der Waals surface area contributed by atoms with Gasteiger partial charge in [-0.1, -0.05) is 59.8 Å². The van der Waals surface area contributed by atoms with Crippen LogP contribution in [0.4, 0.5) is 0 Å². The third kappa shape index (κ3) is 21.1. The smallest absolute Gasteiger partial charge is 0.327 e. The highest BCUT2D eigenvalue weighted by Gasteiger charge is 2.19. The van der Waals surface area contributed by atoms with Gasteiger partial charge in [-0.15, -0.1) is 0 Å². The molecule has 0 amide bonds. The molecule has 1 atom stereocenters. The molecule has 0 fully saturated rings. The van der Waals surface area contributed by atoms with E-state index in [-0.39, 0.29) is 5.41 Å². The first-order valence-electron chi connectivity index (χ1n) is 6.44. The number of hydrogen-bond acceptors (Lipinski definition) is 3. The Bertz CT molecular complexity index is 275. The van der Waals surface area contributed by atoms with Gasteiger partial charge in [0, 0.05) is 6.04 Å². The molecule has 0 aliphatic heterocycles. The average molecular weight is 283 g/mol. The van der Waals surface area contributed by atoms with E-state index in [9.17, 15) is 0 Å². The molecule has 0 heterocycles. The van der Waals surface area contributed by atoms with E-state index in [1.54, 1.807) is 0 Å². The molecule has 112 valence electrons. The van der Waals surface area contributed by atoms with E-state index in [4.69, 9.17) is 23.3 Å². The van der Waals surface area contributed by atoms with E-state index < -0.39 is 10.4 Å². The third-order valence-corrected chi connectivity index (χ3v) is 2.73. The van der Waals surface area contributed by atoms with Gasteiger partial charge >= 0.3 is 10.4 Å². The predicted molar refractivity (Wildman–Crippen MR) is 75.0 cm³/mol. The maximum Gasteiger partial charge on any atom is 0.394 e. The molecular weight excluding hydrogens is 254 g/mol. The number of unbranched alkanes of at least 4 members (excludes halogenated alkanes) is 4. The molecular formula is C12H29NO4S. The van der Waals surface area contributed by atoms with Gasteiger partial charge in [-0.2, -0.15) is 8.42 Å². The predicted octanol–water partition coefficient (Wildman–Crippen LogP) is 3.07. The van der Waals surface area contributed by atoms with Crippen molar-refractivity contribution >= 4 is 10.4 Å². The van der Waals surface area contributed by atoms with Gasteiger partial charge in [-0.3, -0.25) is 9.11 Å². The van der Waals surface area contributed by atoms with Crippen LogP contribution in [-0.2, 0) is 10.4 Å². The Hall–Kier alpha value is -0.170. The Morgan fingerprint density at radius 2 is 1.44 bits per heavy atom. The highest BCUT2D eigenvalue weighted by Crippen LogP contribution is 2.21.